The number of ether oxygens (including phenoxy) is 1. The third kappa shape index (κ3) is 3.58. The molecule has 1 atom stereocenters. The summed E-state index contributed by atoms with van der Waals surface area (Å²) in [4.78, 5) is 25.2. The van der Waals surface area contributed by atoms with Crippen LogP contribution in [0.1, 0.15) is 31.3 Å². The highest BCUT2D eigenvalue weighted by Crippen LogP contribution is 2.42. The lowest BCUT2D eigenvalue weighted by molar-refractivity contribution is 0.337. The van der Waals surface area contributed by atoms with Gasteiger partial charge in [0.1, 0.15) is 34.9 Å². The van der Waals surface area contributed by atoms with Gasteiger partial charge in [0.05, 0.1) is 17.3 Å². The molecule has 8 nitrogen and oxygen atoms in total. The number of fused-ring (bicyclic) bond motifs is 2. The Morgan fingerprint density at radius 3 is 2.54 bits per heavy atom. The summed E-state index contributed by atoms with van der Waals surface area (Å²) < 4.78 is 8.08. The SMILES string of the molecule is CCn1c(-c2cnc(C)nc2)nc2c(-c3ccc4c(c3)N(C(C)c3ccccc3)CO4)ncnc21. The number of rotatable bonds is 5. The molecule has 2 aromatic carbocycles. The number of hydrogen-bond donors (Lipinski definition) is 0. The molecule has 0 spiro atoms. The first-order valence-corrected chi connectivity index (χ1v) is 11.7. The Bertz CT molecular complexity index is 1510. The van der Waals surface area contributed by atoms with Gasteiger partial charge in [-0.05, 0) is 44.5 Å². The molecule has 0 N–H and O–H groups in total. The van der Waals surface area contributed by atoms with Gasteiger partial charge in [0.15, 0.2) is 12.4 Å². The van der Waals surface area contributed by atoms with Gasteiger partial charge in [-0.1, -0.05) is 30.3 Å². The summed E-state index contributed by atoms with van der Waals surface area (Å²) in [5, 5.41) is 0. The topological polar surface area (TPSA) is 81.9 Å². The second-order valence-corrected chi connectivity index (χ2v) is 8.61. The third-order valence-corrected chi connectivity index (χ3v) is 6.54. The average molecular weight is 464 g/mol. The first-order valence-electron chi connectivity index (χ1n) is 11.7. The van der Waals surface area contributed by atoms with Crippen molar-refractivity contribution in [1.29, 1.82) is 0 Å². The Kier molecular flexibility index (Phi) is 5.13. The molecule has 4 heterocycles. The lowest BCUT2D eigenvalue weighted by atomic mass is 10.1. The molecule has 1 aliphatic heterocycles. The van der Waals surface area contributed by atoms with Crippen LogP contribution in [0.25, 0.3) is 33.8 Å². The maximum atomic E-state index is 6.00. The first-order chi connectivity index (χ1) is 17.1. The molecule has 5 aromatic rings. The van der Waals surface area contributed by atoms with Crippen LogP contribution >= 0.6 is 0 Å². The van der Waals surface area contributed by atoms with Gasteiger partial charge in [0.2, 0.25) is 0 Å². The number of nitrogens with zero attached hydrogens (tertiary/aromatic N) is 7. The van der Waals surface area contributed by atoms with Crippen molar-refractivity contribution in [2.75, 3.05) is 11.6 Å². The van der Waals surface area contributed by atoms with Gasteiger partial charge in [-0.15, -0.1) is 0 Å². The van der Waals surface area contributed by atoms with E-state index in [4.69, 9.17) is 9.72 Å². The zero-order valence-electron chi connectivity index (χ0n) is 19.9. The molecule has 0 fully saturated rings. The molecule has 1 unspecified atom stereocenters. The maximum Gasteiger partial charge on any atom is 0.164 e. The minimum absolute atomic E-state index is 0.172. The Labute approximate surface area is 203 Å². The van der Waals surface area contributed by atoms with E-state index in [0.29, 0.717) is 6.73 Å². The lowest BCUT2D eigenvalue weighted by Crippen LogP contribution is -2.25. The average Bonchev–Trinajstić information content (AvgIpc) is 3.50. The fraction of sp³-hybridized carbons (Fsp3) is 0.222. The van der Waals surface area contributed by atoms with Crippen LogP contribution in [-0.4, -0.2) is 36.2 Å². The van der Waals surface area contributed by atoms with Gasteiger partial charge in [-0.25, -0.2) is 24.9 Å². The van der Waals surface area contributed by atoms with Crippen molar-refractivity contribution in [1.82, 2.24) is 29.5 Å². The number of imidazole rings is 1. The standard InChI is InChI=1S/C27H25N7O/c1-4-33-26(21-13-28-18(3)29-14-21)32-25-24(30-15-31-27(25)33)20-10-11-23-22(12-20)34(16-35-23)17(2)19-8-6-5-7-9-19/h5-15,17H,4,16H2,1-3H3. The largest absolute Gasteiger partial charge is 0.471 e. The zero-order valence-corrected chi connectivity index (χ0v) is 19.9. The molecule has 0 bridgehead atoms. The van der Waals surface area contributed by atoms with E-state index in [1.807, 2.05) is 25.1 Å². The maximum absolute atomic E-state index is 6.00. The quantitative estimate of drug-likeness (QED) is 0.354. The summed E-state index contributed by atoms with van der Waals surface area (Å²) in [6.07, 6.45) is 5.21. The highest BCUT2D eigenvalue weighted by molar-refractivity contribution is 5.91. The molecular weight excluding hydrogens is 438 g/mol. The smallest absolute Gasteiger partial charge is 0.164 e. The monoisotopic (exact) mass is 463 g/mol. The van der Waals surface area contributed by atoms with Crippen LogP contribution in [0.15, 0.2) is 67.3 Å². The van der Waals surface area contributed by atoms with Crippen molar-refractivity contribution in [2.24, 2.45) is 0 Å². The minimum atomic E-state index is 0.172. The van der Waals surface area contributed by atoms with Crippen molar-refractivity contribution in [3.8, 4) is 28.4 Å². The molecule has 174 valence electrons. The highest BCUT2D eigenvalue weighted by atomic mass is 16.5. The van der Waals surface area contributed by atoms with Crippen LogP contribution in [0, 0.1) is 6.92 Å². The van der Waals surface area contributed by atoms with Crippen molar-refractivity contribution in [2.45, 2.75) is 33.4 Å². The number of benzene rings is 2. The molecule has 1 aliphatic rings. The van der Waals surface area contributed by atoms with Crippen LogP contribution in [0.3, 0.4) is 0 Å². The van der Waals surface area contributed by atoms with E-state index < -0.39 is 0 Å². The summed E-state index contributed by atoms with van der Waals surface area (Å²) >= 11 is 0. The molecule has 8 heteroatoms. The molecule has 0 saturated heterocycles. The molecule has 0 radical (unpaired) electrons. The minimum Gasteiger partial charge on any atom is -0.471 e. The molecular formula is C27H25N7O. The molecule has 0 amide bonds. The fourth-order valence-electron chi connectivity index (χ4n) is 4.63. The van der Waals surface area contributed by atoms with Crippen molar-refractivity contribution >= 4 is 16.9 Å². The number of anilines is 1. The van der Waals surface area contributed by atoms with Gasteiger partial charge in [-0.2, -0.15) is 0 Å². The van der Waals surface area contributed by atoms with Gasteiger partial charge < -0.3 is 14.2 Å². The summed E-state index contributed by atoms with van der Waals surface area (Å²) in [5.41, 5.74) is 6.45. The Hall–Kier alpha value is -4.33. The van der Waals surface area contributed by atoms with E-state index in [1.54, 1.807) is 18.7 Å². The molecule has 0 aliphatic carbocycles. The summed E-state index contributed by atoms with van der Waals surface area (Å²) in [6, 6.07) is 16.8. The zero-order chi connectivity index (χ0) is 23.9. The van der Waals surface area contributed by atoms with Crippen molar-refractivity contribution in [3.63, 3.8) is 0 Å². The van der Waals surface area contributed by atoms with Crippen molar-refractivity contribution in [3.05, 3.63) is 78.6 Å². The third-order valence-electron chi connectivity index (χ3n) is 6.54. The van der Waals surface area contributed by atoms with Crippen molar-refractivity contribution < 1.29 is 4.74 Å². The van der Waals surface area contributed by atoms with Gasteiger partial charge in [0.25, 0.3) is 0 Å². The van der Waals surface area contributed by atoms with E-state index in [9.17, 15) is 0 Å². The van der Waals surface area contributed by atoms with Crippen LogP contribution in [-0.2, 0) is 6.54 Å². The van der Waals surface area contributed by atoms with E-state index in [1.165, 1.54) is 5.56 Å². The van der Waals surface area contributed by atoms with Gasteiger partial charge in [0, 0.05) is 24.5 Å². The van der Waals surface area contributed by atoms with Crippen LogP contribution in [0.5, 0.6) is 5.75 Å². The second-order valence-electron chi connectivity index (χ2n) is 8.61. The van der Waals surface area contributed by atoms with Crippen LogP contribution < -0.4 is 9.64 Å². The second kappa shape index (κ2) is 8.47. The first kappa shape index (κ1) is 21.2. The lowest BCUT2D eigenvalue weighted by Gasteiger charge is -2.25. The molecule has 0 saturated carbocycles. The van der Waals surface area contributed by atoms with Crippen LogP contribution in [0.4, 0.5) is 5.69 Å². The summed E-state index contributed by atoms with van der Waals surface area (Å²) in [5.74, 6) is 2.38. The summed E-state index contributed by atoms with van der Waals surface area (Å²) in [6.45, 7) is 7.38. The Balaban J connectivity index is 1.45. The fourth-order valence-corrected chi connectivity index (χ4v) is 4.63. The number of aromatic nitrogens is 6. The molecule has 3 aromatic heterocycles. The van der Waals surface area contributed by atoms with Crippen LogP contribution in [0.2, 0.25) is 0 Å². The van der Waals surface area contributed by atoms with E-state index in [0.717, 1.165) is 57.6 Å². The normalized spacial score (nSPS) is 13.6. The molecule has 6 rings (SSSR count). The summed E-state index contributed by atoms with van der Waals surface area (Å²) in [7, 11) is 0. The predicted octanol–water partition coefficient (Wildman–Crippen LogP) is 5.20. The molecule has 35 heavy (non-hydrogen) atoms. The van der Waals surface area contributed by atoms with E-state index in [-0.39, 0.29) is 6.04 Å². The highest BCUT2D eigenvalue weighted by Gasteiger charge is 2.27. The van der Waals surface area contributed by atoms with E-state index in [2.05, 4.69) is 73.6 Å². The van der Waals surface area contributed by atoms with Gasteiger partial charge in [-0.3, -0.25) is 0 Å². The predicted molar refractivity (Wildman–Crippen MR) is 135 cm³/mol. The number of aryl methyl sites for hydroxylation is 2. The Morgan fingerprint density at radius 1 is 0.971 bits per heavy atom. The number of hydrogen-bond acceptors (Lipinski definition) is 7. The van der Waals surface area contributed by atoms with E-state index >= 15 is 0 Å². The Morgan fingerprint density at radius 2 is 1.77 bits per heavy atom. The van der Waals surface area contributed by atoms with Gasteiger partial charge >= 0.3 is 0 Å².